The van der Waals surface area contributed by atoms with E-state index in [9.17, 15) is 0 Å². The number of nitrogens with zero attached hydrogens (tertiary/aromatic N) is 2. The van der Waals surface area contributed by atoms with E-state index in [4.69, 9.17) is 0 Å². The number of hydrogen-bond acceptors (Lipinski definition) is 1. The van der Waals surface area contributed by atoms with Crippen LogP contribution < -0.4 is 0 Å². The topological polar surface area (TPSA) is 17.3 Å². The molecule has 90 valence electrons. The van der Waals surface area contributed by atoms with E-state index in [0.717, 1.165) is 22.4 Å². The van der Waals surface area contributed by atoms with E-state index in [-0.39, 0.29) is 0 Å². The first-order chi connectivity index (χ1) is 8.75. The fourth-order valence-corrected chi connectivity index (χ4v) is 2.75. The minimum Gasteiger partial charge on any atom is -0.300 e. The smallest absolute Gasteiger partial charge is 0.132 e. The molecule has 3 heteroatoms. The van der Waals surface area contributed by atoms with Crippen LogP contribution in [0.1, 0.15) is 17.1 Å². The monoisotopic (exact) mass is 300 g/mol. The number of fused-ring (bicyclic) bond motifs is 1. The van der Waals surface area contributed by atoms with Gasteiger partial charge >= 0.3 is 0 Å². The molecule has 0 unspecified atom stereocenters. The molecule has 0 aliphatic carbocycles. The van der Waals surface area contributed by atoms with Crippen molar-refractivity contribution < 1.29 is 0 Å². The highest BCUT2D eigenvalue weighted by Crippen LogP contribution is 2.22. The molecule has 3 rings (SSSR count). The molecule has 0 bridgehead atoms. The quantitative estimate of drug-likeness (QED) is 0.699. The average molecular weight is 301 g/mol. The number of benzene rings is 1. The fraction of sp³-hybridized carbons (Fsp3) is 0.133. The van der Waals surface area contributed by atoms with Crippen molar-refractivity contribution >= 4 is 21.4 Å². The lowest BCUT2D eigenvalue weighted by Gasteiger charge is -2.04. The van der Waals surface area contributed by atoms with E-state index < -0.39 is 0 Å². The third-order valence-corrected chi connectivity index (χ3v) is 3.67. The van der Waals surface area contributed by atoms with Gasteiger partial charge in [0.05, 0.1) is 5.52 Å². The molecule has 18 heavy (non-hydrogen) atoms. The molecule has 0 N–H and O–H groups in total. The van der Waals surface area contributed by atoms with Gasteiger partial charge in [0.25, 0.3) is 0 Å². The van der Waals surface area contributed by atoms with Gasteiger partial charge in [-0.2, -0.15) is 0 Å². The van der Waals surface area contributed by atoms with Crippen molar-refractivity contribution in [1.82, 2.24) is 9.38 Å². The van der Waals surface area contributed by atoms with Crippen LogP contribution in [-0.2, 0) is 6.42 Å². The Morgan fingerprint density at radius 2 is 1.83 bits per heavy atom. The molecule has 0 fully saturated rings. The Hall–Kier alpha value is -1.61. The van der Waals surface area contributed by atoms with E-state index in [1.165, 1.54) is 11.3 Å². The lowest BCUT2D eigenvalue weighted by molar-refractivity contribution is 0.931. The summed E-state index contributed by atoms with van der Waals surface area (Å²) in [6.45, 7) is 2.11. The van der Waals surface area contributed by atoms with Gasteiger partial charge in [-0.05, 0) is 40.5 Å². The second-order valence-corrected chi connectivity index (χ2v) is 5.12. The van der Waals surface area contributed by atoms with Crippen LogP contribution in [0, 0.1) is 6.92 Å². The van der Waals surface area contributed by atoms with Gasteiger partial charge in [-0.1, -0.05) is 36.4 Å². The molecular weight excluding hydrogens is 288 g/mol. The summed E-state index contributed by atoms with van der Waals surface area (Å²) >= 11 is 3.53. The molecule has 2 nitrogen and oxygen atoms in total. The minimum absolute atomic E-state index is 0.846. The van der Waals surface area contributed by atoms with Crippen molar-refractivity contribution in [2.24, 2.45) is 0 Å². The third kappa shape index (κ3) is 1.95. The maximum atomic E-state index is 4.63. The minimum atomic E-state index is 0.846. The predicted molar refractivity (Wildman–Crippen MR) is 76.9 cm³/mol. The van der Waals surface area contributed by atoms with E-state index in [2.05, 4.69) is 74.7 Å². The largest absolute Gasteiger partial charge is 0.300 e. The summed E-state index contributed by atoms with van der Waals surface area (Å²) < 4.78 is 3.12. The maximum Gasteiger partial charge on any atom is 0.132 e. The van der Waals surface area contributed by atoms with Gasteiger partial charge < -0.3 is 0 Å². The van der Waals surface area contributed by atoms with Crippen molar-refractivity contribution in [2.75, 3.05) is 0 Å². The summed E-state index contributed by atoms with van der Waals surface area (Å²) in [5, 5.41) is 0. The van der Waals surface area contributed by atoms with Crippen LogP contribution in [0.4, 0.5) is 0 Å². The first-order valence-electron chi connectivity index (χ1n) is 5.92. The second-order valence-electron chi connectivity index (χ2n) is 4.37. The van der Waals surface area contributed by atoms with Gasteiger partial charge in [0.1, 0.15) is 10.4 Å². The molecule has 2 aromatic heterocycles. The predicted octanol–water partition coefficient (Wildman–Crippen LogP) is 4.00. The first-order valence-corrected chi connectivity index (χ1v) is 6.71. The van der Waals surface area contributed by atoms with Gasteiger partial charge in [-0.3, -0.25) is 4.40 Å². The SMILES string of the molecule is Cc1cccc2c(Br)nc(Cc3ccccc3)n12. The molecule has 0 radical (unpaired) electrons. The molecule has 0 atom stereocenters. The van der Waals surface area contributed by atoms with Crippen LogP contribution >= 0.6 is 15.9 Å². The Bertz CT molecular complexity index is 686. The highest BCUT2D eigenvalue weighted by atomic mass is 79.9. The maximum absolute atomic E-state index is 4.63. The average Bonchev–Trinajstić information content (AvgIpc) is 2.69. The van der Waals surface area contributed by atoms with Crippen molar-refractivity contribution in [1.29, 1.82) is 0 Å². The summed E-state index contributed by atoms with van der Waals surface area (Å²) in [5.41, 5.74) is 3.61. The van der Waals surface area contributed by atoms with Gasteiger partial charge in [0.15, 0.2) is 0 Å². The van der Waals surface area contributed by atoms with Gasteiger partial charge in [-0.15, -0.1) is 0 Å². The molecule has 0 aliphatic heterocycles. The van der Waals surface area contributed by atoms with E-state index in [1.54, 1.807) is 0 Å². The van der Waals surface area contributed by atoms with Crippen molar-refractivity contribution in [3.8, 4) is 0 Å². The summed E-state index contributed by atoms with van der Waals surface area (Å²) in [5.74, 6) is 1.07. The number of aryl methyl sites for hydroxylation is 1. The molecule has 1 aromatic carbocycles. The van der Waals surface area contributed by atoms with E-state index in [0.29, 0.717) is 0 Å². The van der Waals surface area contributed by atoms with E-state index in [1.807, 2.05) is 6.07 Å². The van der Waals surface area contributed by atoms with Crippen LogP contribution in [0.15, 0.2) is 53.1 Å². The van der Waals surface area contributed by atoms with Crippen molar-refractivity contribution in [2.45, 2.75) is 13.3 Å². The van der Waals surface area contributed by atoms with E-state index >= 15 is 0 Å². The number of rotatable bonds is 2. The molecule has 0 aliphatic rings. The molecule has 0 amide bonds. The van der Waals surface area contributed by atoms with Crippen LogP contribution in [0.2, 0.25) is 0 Å². The van der Waals surface area contributed by atoms with Gasteiger partial charge in [0.2, 0.25) is 0 Å². The van der Waals surface area contributed by atoms with Crippen molar-refractivity contribution in [3.05, 3.63) is 70.2 Å². The van der Waals surface area contributed by atoms with Crippen LogP contribution in [0.25, 0.3) is 5.52 Å². The number of imidazole rings is 1. The number of pyridine rings is 1. The zero-order chi connectivity index (χ0) is 12.5. The van der Waals surface area contributed by atoms with Crippen LogP contribution in [-0.4, -0.2) is 9.38 Å². The summed E-state index contributed by atoms with van der Waals surface area (Å²) in [4.78, 5) is 4.63. The zero-order valence-electron chi connectivity index (χ0n) is 10.1. The normalized spacial score (nSPS) is 11.0. The zero-order valence-corrected chi connectivity index (χ0v) is 11.7. The molecule has 2 heterocycles. The summed E-state index contributed by atoms with van der Waals surface area (Å²) in [6, 6.07) is 16.7. The lowest BCUT2D eigenvalue weighted by Crippen LogP contribution is -1.99. The second kappa shape index (κ2) is 4.58. The fourth-order valence-electron chi connectivity index (χ4n) is 2.24. The molecule has 3 aromatic rings. The Kier molecular flexibility index (Phi) is 2.92. The molecular formula is C15H13BrN2. The molecule has 0 saturated heterocycles. The Morgan fingerprint density at radius 3 is 2.61 bits per heavy atom. The number of aromatic nitrogens is 2. The first kappa shape index (κ1) is 11.5. The van der Waals surface area contributed by atoms with Gasteiger partial charge in [0, 0.05) is 12.1 Å². The Balaban J connectivity index is 2.13. The third-order valence-electron chi connectivity index (χ3n) is 3.09. The van der Waals surface area contributed by atoms with Crippen molar-refractivity contribution in [3.63, 3.8) is 0 Å². The molecule has 0 spiro atoms. The number of hydrogen-bond donors (Lipinski definition) is 0. The van der Waals surface area contributed by atoms with Crippen LogP contribution in [0.3, 0.4) is 0 Å². The highest BCUT2D eigenvalue weighted by Gasteiger charge is 2.10. The highest BCUT2D eigenvalue weighted by molar-refractivity contribution is 9.10. The lowest BCUT2D eigenvalue weighted by atomic mass is 10.1. The van der Waals surface area contributed by atoms with Crippen LogP contribution in [0.5, 0.6) is 0 Å². The summed E-state index contributed by atoms with van der Waals surface area (Å²) in [6.07, 6.45) is 0.846. The standard InChI is InChI=1S/C15H13BrN2/c1-11-6-5-9-13-15(16)17-14(18(11)13)10-12-7-3-2-4-8-12/h2-9H,10H2,1H3. The molecule has 0 saturated carbocycles. The van der Waals surface area contributed by atoms with Gasteiger partial charge in [-0.25, -0.2) is 4.98 Å². The number of halogens is 1. The Labute approximate surface area is 114 Å². The summed E-state index contributed by atoms with van der Waals surface area (Å²) in [7, 11) is 0. The Morgan fingerprint density at radius 1 is 1.06 bits per heavy atom.